The minimum Gasteiger partial charge on any atom is -0.486 e. The van der Waals surface area contributed by atoms with E-state index in [1.807, 2.05) is 0 Å². The molecular weight excluding hydrogens is 412 g/mol. The number of hydrogen-bond donors (Lipinski definition) is 1. The Morgan fingerprint density at radius 1 is 1.30 bits per heavy atom. The molecule has 0 saturated carbocycles. The molecule has 1 saturated heterocycles. The van der Waals surface area contributed by atoms with Crippen molar-refractivity contribution in [3.05, 3.63) is 36.5 Å². The van der Waals surface area contributed by atoms with Crippen LogP contribution in [0, 0.1) is 0 Å². The normalized spacial score (nSPS) is 15.5. The van der Waals surface area contributed by atoms with Crippen LogP contribution in [0.4, 0.5) is 0 Å². The van der Waals surface area contributed by atoms with Gasteiger partial charge in [0.2, 0.25) is 5.91 Å². The number of pyridine rings is 1. The maximum atomic E-state index is 12.0. The molecular formula is C17H23ClN10O2. The van der Waals surface area contributed by atoms with Crippen LogP contribution >= 0.6 is 12.4 Å². The van der Waals surface area contributed by atoms with E-state index in [0.29, 0.717) is 24.7 Å². The number of aromatic nitrogens is 8. The summed E-state index contributed by atoms with van der Waals surface area (Å²) in [5.74, 6) is 1.20. The van der Waals surface area contributed by atoms with E-state index in [1.54, 1.807) is 41.1 Å². The lowest BCUT2D eigenvalue weighted by Crippen LogP contribution is -2.46. The summed E-state index contributed by atoms with van der Waals surface area (Å²) in [6.07, 6.45) is 6.37. The molecule has 0 spiro atoms. The molecule has 13 heteroatoms. The number of hydrogen-bond acceptors (Lipinski definition) is 9. The molecule has 0 bridgehead atoms. The molecule has 160 valence electrons. The SMILES string of the molecule is C[C@H](N)C(=O)N1CCC(n2ncc(COc3ccc(-n4cnnn4)nc3)n2)CC1.Cl. The van der Waals surface area contributed by atoms with Gasteiger partial charge in [0.05, 0.1) is 24.5 Å². The van der Waals surface area contributed by atoms with Crippen LogP contribution in [0.1, 0.15) is 31.5 Å². The van der Waals surface area contributed by atoms with E-state index in [1.165, 1.54) is 11.0 Å². The van der Waals surface area contributed by atoms with Crippen LogP contribution in [-0.2, 0) is 11.4 Å². The fraction of sp³-hybridized carbons (Fsp3) is 0.471. The van der Waals surface area contributed by atoms with Crippen LogP contribution in [0.15, 0.2) is 30.9 Å². The van der Waals surface area contributed by atoms with Crippen LogP contribution in [0.2, 0.25) is 0 Å². The summed E-state index contributed by atoms with van der Waals surface area (Å²) in [7, 11) is 0. The molecule has 1 atom stereocenters. The number of carbonyl (C=O) groups is 1. The van der Waals surface area contributed by atoms with Crippen molar-refractivity contribution >= 4 is 18.3 Å². The zero-order valence-electron chi connectivity index (χ0n) is 16.4. The summed E-state index contributed by atoms with van der Waals surface area (Å²) in [6.45, 7) is 3.33. The number of halogens is 1. The third-order valence-corrected chi connectivity index (χ3v) is 4.74. The molecule has 4 rings (SSSR count). The topological polar surface area (TPSA) is 143 Å². The molecule has 0 aliphatic carbocycles. The van der Waals surface area contributed by atoms with E-state index in [4.69, 9.17) is 10.5 Å². The zero-order chi connectivity index (χ0) is 20.2. The second-order valence-electron chi connectivity index (χ2n) is 6.90. The number of tetrazole rings is 1. The minimum absolute atomic E-state index is 0. The van der Waals surface area contributed by atoms with Crippen molar-refractivity contribution in [2.75, 3.05) is 13.1 Å². The number of piperidine rings is 1. The van der Waals surface area contributed by atoms with Crippen LogP contribution in [0.5, 0.6) is 5.75 Å². The molecule has 1 fully saturated rings. The highest BCUT2D eigenvalue weighted by atomic mass is 35.5. The Kier molecular flexibility index (Phi) is 6.90. The van der Waals surface area contributed by atoms with Crippen LogP contribution in [-0.4, -0.2) is 70.1 Å². The highest BCUT2D eigenvalue weighted by molar-refractivity contribution is 5.85. The maximum absolute atomic E-state index is 12.0. The van der Waals surface area contributed by atoms with Gasteiger partial charge in [0.25, 0.3) is 0 Å². The standard InChI is InChI=1S/C17H22N10O2.ClH/c1-12(18)17(28)25-6-4-14(5-7-25)27-21-8-13(22-27)10-29-15-2-3-16(19-9-15)26-11-20-23-24-26;/h2-3,8-9,11-12,14H,4-7,10,18H2,1H3;1H/t12-;/m0./s1. The molecule has 30 heavy (non-hydrogen) atoms. The number of nitrogens with zero attached hydrogens (tertiary/aromatic N) is 9. The van der Waals surface area contributed by atoms with Gasteiger partial charge in [0.15, 0.2) is 5.82 Å². The zero-order valence-corrected chi connectivity index (χ0v) is 17.2. The molecule has 1 aliphatic rings. The average Bonchev–Trinajstić information content (AvgIpc) is 3.44. The molecule has 3 aromatic rings. The van der Waals surface area contributed by atoms with Crippen molar-refractivity contribution in [1.82, 2.24) is 45.1 Å². The van der Waals surface area contributed by atoms with Gasteiger partial charge in [-0.05, 0) is 42.3 Å². The third-order valence-electron chi connectivity index (χ3n) is 4.74. The summed E-state index contributed by atoms with van der Waals surface area (Å²) >= 11 is 0. The first-order valence-electron chi connectivity index (χ1n) is 9.37. The summed E-state index contributed by atoms with van der Waals surface area (Å²) < 4.78 is 7.19. The lowest BCUT2D eigenvalue weighted by molar-refractivity contribution is -0.133. The van der Waals surface area contributed by atoms with Crippen molar-refractivity contribution in [1.29, 1.82) is 0 Å². The number of carbonyl (C=O) groups excluding carboxylic acids is 1. The summed E-state index contributed by atoms with van der Waals surface area (Å²) in [4.78, 5) is 19.8. The van der Waals surface area contributed by atoms with E-state index < -0.39 is 6.04 Å². The summed E-state index contributed by atoms with van der Waals surface area (Å²) in [6, 6.07) is 3.26. The Morgan fingerprint density at radius 3 is 2.73 bits per heavy atom. The van der Waals surface area contributed by atoms with Gasteiger partial charge in [-0.2, -0.15) is 19.7 Å². The quantitative estimate of drug-likeness (QED) is 0.573. The highest BCUT2D eigenvalue weighted by Crippen LogP contribution is 2.21. The lowest BCUT2D eigenvalue weighted by atomic mass is 10.1. The van der Waals surface area contributed by atoms with Gasteiger partial charge in [-0.25, -0.2) is 4.98 Å². The molecule has 12 nitrogen and oxygen atoms in total. The Labute approximate surface area is 178 Å². The predicted molar refractivity (Wildman–Crippen MR) is 107 cm³/mol. The average molecular weight is 435 g/mol. The van der Waals surface area contributed by atoms with E-state index in [2.05, 4.69) is 30.7 Å². The van der Waals surface area contributed by atoms with Gasteiger partial charge >= 0.3 is 0 Å². The molecule has 3 aromatic heterocycles. The molecule has 0 radical (unpaired) electrons. The largest absolute Gasteiger partial charge is 0.486 e. The van der Waals surface area contributed by atoms with Gasteiger partial charge in [-0.15, -0.1) is 17.5 Å². The second-order valence-corrected chi connectivity index (χ2v) is 6.90. The second kappa shape index (κ2) is 9.59. The Bertz CT molecular complexity index is 936. The van der Waals surface area contributed by atoms with Crippen LogP contribution < -0.4 is 10.5 Å². The minimum atomic E-state index is -0.463. The van der Waals surface area contributed by atoms with Gasteiger partial charge in [0, 0.05) is 13.1 Å². The van der Waals surface area contributed by atoms with Crippen molar-refractivity contribution in [2.24, 2.45) is 5.73 Å². The summed E-state index contributed by atoms with van der Waals surface area (Å²) in [5.41, 5.74) is 6.41. The third kappa shape index (κ3) is 4.89. The van der Waals surface area contributed by atoms with E-state index in [9.17, 15) is 4.79 Å². The van der Waals surface area contributed by atoms with Crippen LogP contribution in [0.25, 0.3) is 5.82 Å². The van der Waals surface area contributed by atoms with E-state index >= 15 is 0 Å². The molecule has 1 aliphatic heterocycles. The molecule has 0 unspecified atom stereocenters. The smallest absolute Gasteiger partial charge is 0.239 e. The van der Waals surface area contributed by atoms with Gasteiger partial charge in [-0.1, -0.05) is 0 Å². The molecule has 2 N–H and O–H groups in total. The number of ether oxygens (including phenoxy) is 1. The van der Waals surface area contributed by atoms with Crippen molar-refractivity contribution in [3.63, 3.8) is 0 Å². The Balaban J connectivity index is 0.00000256. The first-order valence-corrected chi connectivity index (χ1v) is 9.37. The van der Waals surface area contributed by atoms with Crippen LogP contribution in [0.3, 0.4) is 0 Å². The lowest BCUT2D eigenvalue weighted by Gasteiger charge is -2.32. The highest BCUT2D eigenvalue weighted by Gasteiger charge is 2.26. The Morgan fingerprint density at radius 2 is 2.10 bits per heavy atom. The number of nitrogens with two attached hydrogens (primary N) is 1. The predicted octanol–water partition coefficient (Wildman–Crippen LogP) is 0.160. The number of amides is 1. The maximum Gasteiger partial charge on any atom is 0.239 e. The Hall–Kier alpha value is -3.12. The first-order chi connectivity index (χ1) is 14.1. The van der Waals surface area contributed by atoms with Gasteiger partial charge in [0.1, 0.15) is 24.4 Å². The van der Waals surface area contributed by atoms with E-state index in [0.717, 1.165) is 18.5 Å². The van der Waals surface area contributed by atoms with Crippen molar-refractivity contribution in [3.8, 4) is 11.6 Å². The van der Waals surface area contributed by atoms with Crippen molar-refractivity contribution in [2.45, 2.75) is 38.5 Å². The van der Waals surface area contributed by atoms with Crippen molar-refractivity contribution < 1.29 is 9.53 Å². The summed E-state index contributed by atoms with van der Waals surface area (Å²) in [5, 5.41) is 19.8. The monoisotopic (exact) mass is 434 g/mol. The van der Waals surface area contributed by atoms with Gasteiger partial charge in [-0.3, -0.25) is 4.79 Å². The number of rotatable bonds is 6. The van der Waals surface area contributed by atoms with Gasteiger partial charge < -0.3 is 15.4 Å². The first kappa shape index (κ1) is 21.6. The number of likely N-dealkylation sites (tertiary alicyclic amines) is 1. The molecule has 0 aromatic carbocycles. The fourth-order valence-corrected chi connectivity index (χ4v) is 3.17. The molecule has 1 amide bonds. The molecule has 4 heterocycles. The fourth-order valence-electron chi connectivity index (χ4n) is 3.17. The van der Waals surface area contributed by atoms with E-state index in [-0.39, 0.29) is 31.0 Å².